The van der Waals surface area contributed by atoms with E-state index in [4.69, 9.17) is 17.0 Å². The van der Waals surface area contributed by atoms with Gasteiger partial charge in [-0.3, -0.25) is 0 Å². The van der Waals surface area contributed by atoms with Crippen LogP contribution in [-0.2, 0) is 0 Å². The van der Waals surface area contributed by atoms with Crippen molar-refractivity contribution in [3.05, 3.63) is 24.3 Å². The zero-order valence-corrected chi connectivity index (χ0v) is 12.7. The van der Waals surface area contributed by atoms with Gasteiger partial charge in [-0.2, -0.15) is 0 Å². The van der Waals surface area contributed by atoms with E-state index in [1.165, 1.54) is 6.42 Å². The lowest BCUT2D eigenvalue weighted by atomic mass is 9.92. The Bertz CT molecular complexity index is 440. The monoisotopic (exact) mass is 278 g/mol. The van der Waals surface area contributed by atoms with Gasteiger partial charge < -0.3 is 15.0 Å². The number of nitrogens with zero attached hydrogens (tertiary/aromatic N) is 1. The van der Waals surface area contributed by atoms with E-state index in [-0.39, 0.29) is 0 Å². The minimum absolute atomic E-state index is 0.703. The van der Waals surface area contributed by atoms with Crippen molar-refractivity contribution in [2.45, 2.75) is 20.3 Å². The van der Waals surface area contributed by atoms with Crippen LogP contribution < -0.4 is 10.1 Å². The molecule has 1 aromatic rings. The summed E-state index contributed by atoms with van der Waals surface area (Å²) in [5.74, 6) is 2.25. The molecule has 1 aliphatic heterocycles. The lowest BCUT2D eigenvalue weighted by molar-refractivity contribution is 0.216. The van der Waals surface area contributed by atoms with E-state index in [1.807, 2.05) is 24.3 Å². The van der Waals surface area contributed by atoms with Crippen LogP contribution in [-0.4, -0.2) is 30.2 Å². The SMILES string of the molecule is COc1cccc(NC(=S)N2C[C@@H](C)C[C@H](C)C2)c1. The molecule has 2 rings (SSSR count). The third-order valence-electron chi connectivity index (χ3n) is 3.48. The number of rotatable bonds is 2. The molecule has 4 heteroatoms. The first-order valence-corrected chi connectivity index (χ1v) is 7.19. The fourth-order valence-corrected chi connectivity index (χ4v) is 3.00. The van der Waals surface area contributed by atoms with Crippen molar-refractivity contribution in [2.24, 2.45) is 11.8 Å². The first-order chi connectivity index (χ1) is 9.08. The molecule has 1 fully saturated rings. The third-order valence-corrected chi connectivity index (χ3v) is 3.84. The molecule has 104 valence electrons. The van der Waals surface area contributed by atoms with Crippen LogP contribution in [0, 0.1) is 11.8 Å². The van der Waals surface area contributed by atoms with Crippen LogP contribution in [0.1, 0.15) is 20.3 Å². The van der Waals surface area contributed by atoms with Gasteiger partial charge >= 0.3 is 0 Å². The molecule has 1 N–H and O–H groups in total. The lowest BCUT2D eigenvalue weighted by Gasteiger charge is -2.36. The number of hydrogen-bond acceptors (Lipinski definition) is 2. The van der Waals surface area contributed by atoms with Crippen molar-refractivity contribution in [3.8, 4) is 5.75 Å². The van der Waals surface area contributed by atoms with E-state index in [0.717, 1.165) is 29.6 Å². The molecule has 0 aliphatic carbocycles. The quantitative estimate of drug-likeness (QED) is 0.838. The van der Waals surface area contributed by atoms with Crippen LogP contribution in [0.3, 0.4) is 0 Å². The highest BCUT2D eigenvalue weighted by Gasteiger charge is 2.23. The molecule has 1 aromatic carbocycles. The van der Waals surface area contributed by atoms with Crippen LogP contribution in [0.5, 0.6) is 5.75 Å². The Hall–Kier alpha value is -1.29. The number of methoxy groups -OCH3 is 1. The van der Waals surface area contributed by atoms with Crippen LogP contribution in [0.25, 0.3) is 0 Å². The van der Waals surface area contributed by atoms with Gasteiger partial charge in [0, 0.05) is 24.8 Å². The second kappa shape index (κ2) is 6.24. The van der Waals surface area contributed by atoms with E-state index in [2.05, 4.69) is 24.1 Å². The van der Waals surface area contributed by atoms with Crippen LogP contribution in [0.4, 0.5) is 5.69 Å². The Morgan fingerprint density at radius 2 is 2.00 bits per heavy atom. The molecule has 2 atom stereocenters. The minimum Gasteiger partial charge on any atom is -0.497 e. The van der Waals surface area contributed by atoms with E-state index in [9.17, 15) is 0 Å². The van der Waals surface area contributed by atoms with E-state index in [1.54, 1.807) is 7.11 Å². The Balaban J connectivity index is 2.00. The average molecular weight is 278 g/mol. The number of nitrogens with one attached hydrogen (secondary N) is 1. The molecule has 1 heterocycles. The molecule has 3 nitrogen and oxygen atoms in total. The molecule has 19 heavy (non-hydrogen) atoms. The molecule has 0 amide bonds. The Kier molecular flexibility index (Phi) is 4.64. The molecule has 0 aromatic heterocycles. The second-order valence-electron chi connectivity index (χ2n) is 5.51. The van der Waals surface area contributed by atoms with Crippen LogP contribution >= 0.6 is 12.2 Å². The summed E-state index contributed by atoms with van der Waals surface area (Å²) < 4.78 is 5.22. The third kappa shape index (κ3) is 3.83. The normalized spacial score (nSPS) is 23.0. The molecule has 1 aliphatic rings. The zero-order chi connectivity index (χ0) is 13.8. The van der Waals surface area contributed by atoms with Gasteiger partial charge in [0.05, 0.1) is 7.11 Å². The molecule has 0 bridgehead atoms. The molecular formula is C15H22N2OS. The highest BCUT2D eigenvalue weighted by atomic mass is 32.1. The van der Waals surface area contributed by atoms with Gasteiger partial charge in [0.15, 0.2) is 5.11 Å². The Morgan fingerprint density at radius 3 is 2.63 bits per heavy atom. The van der Waals surface area contributed by atoms with Crippen LogP contribution in [0.15, 0.2) is 24.3 Å². The van der Waals surface area contributed by atoms with Gasteiger partial charge in [0.1, 0.15) is 5.75 Å². The van der Waals surface area contributed by atoms with Crippen molar-refractivity contribution in [1.82, 2.24) is 4.90 Å². The van der Waals surface area contributed by atoms with E-state index < -0.39 is 0 Å². The maximum Gasteiger partial charge on any atom is 0.173 e. The van der Waals surface area contributed by atoms with Gasteiger partial charge in [-0.05, 0) is 42.6 Å². The van der Waals surface area contributed by atoms with Crippen molar-refractivity contribution in [3.63, 3.8) is 0 Å². The van der Waals surface area contributed by atoms with Crippen molar-refractivity contribution >= 4 is 23.0 Å². The maximum absolute atomic E-state index is 5.52. The summed E-state index contributed by atoms with van der Waals surface area (Å²) in [6, 6.07) is 7.86. The van der Waals surface area contributed by atoms with E-state index in [0.29, 0.717) is 11.8 Å². The summed E-state index contributed by atoms with van der Waals surface area (Å²) in [5.41, 5.74) is 0.982. The molecule has 0 radical (unpaired) electrons. The number of ether oxygens (including phenoxy) is 1. The predicted octanol–water partition coefficient (Wildman–Crippen LogP) is 3.37. The number of hydrogen-bond donors (Lipinski definition) is 1. The fraction of sp³-hybridized carbons (Fsp3) is 0.533. The predicted molar refractivity (Wildman–Crippen MR) is 83.7 cm³/mol. The first-order valence-electron chi connectivity index (χ1n) is 6.78. The molecule has 0 saturated carbocycles. The standard InChI is InChI=1S/C15H22N2OS/c1-11-7-12(2)10-17(9-11)15(19)16-13-5-4-6-14(8-13)18-3/h4-6,8,11-12H,7,9-10H2,1-3H3,(H,16,19)/t11-,12-/m0/s1. The molecule has 0 spiro atoms. The lowest BCUT2D eigenvalue weighted by Crippen LogP contribution is -2.44. The smallest absolute Gasteiger partial charge is 0.173 e. The maximum atomic E-state index is 5.52. The number of likely N-dealkylation sites (tertiary alicyclic amines) is 1. The average Bonchev–Trinajstić information content (AvgIpc) is 2.37. The van der Waals surface area contributed by atoms with Gasteiger partial charge in [0.25, 0.3) is 0 Å². The number of anilines is 1. The van der Waals surface area contributed by atoms with Gasteiger partial charge in [0.2, 0.25) is 0 Å². The first kappa shape index (κ1) is 14.1. The topological polar surface area (TPSA) is 24.5 Å². The fourth-order valence-electron chi connectivity index (χ4n) is 2.73. The summed E-state index contributed by atoms with van der Waals surface area (Å²) in [7, 11) is 1.67. The summed E-state index contributed by atoms with van der Waals surface area (Å²) >= 11 is 5.52. The second-order valence-corrected chi connectivity index (χ2v) is 5.90. The van der Waals surface area contributed by atoms with Crippen LogP contribution in [0.2, 0.25) is 0 Å². The number of thiocarbonyl (C=S) groups is 1. The highest BCUT2D eigenvalue weighted by molar-refractivity contribution is 7.80. The van der Waals surface area contributed by atoms with Crippen molar-refractivity contribution in [2.75, 3.05) is 25.5 Å². The van der Waals surface area contributed by atoms with Gasteiger partial charge in [-0.15, -0.1) is 0 Å². The van der Waals surface area contributed by atoms with E-state index >= 15 is 0 Å². The van der Waals surface area contributed by atoms with Crippen molar-refractivity contribution < 1.29 is 4.74 Å². The highest BCUT2D eigenvalue weighted by Crippen LogP contribution is 2.22. The summed E-state index contributed by atoms with van der Waals surface area (Å²) in [6.07, 6.45) is 1.29. The Morgan fingerprint density at radius 1 is 1.32 bits per heavy atom. The summed E-state index contributed by atoms with van der Waals surface area (Å²) in [4.78, 5) is 2.27. The molecular weight excluding hydrogens is 256 g/mol. The molecule has 0 unspecified atom stereocenters. The largest absolute Gasteiger partial charge is 0.497 e. The minimum atomic E-state index is 0.703. The summed E-state index contributed by atoms with van der Waals surface area (Å²) in [5, 5.41) is 4.12. The number of benzene rings is 1. The Labute approximate surface area is 120 Å². The summed E-state index contributed by atoms with van der Waals surface area (Å²) in [6.45, 7) is 6.66. The molecule has 1 saturated heterocycles. The van der Waals surface area contributed by atoms with Gasteiger partial charge in [-0.1, -0.05) is 19.9 Å². The van der Waals surface area contributed by atoms with Crippen molar-refractivity contribution in [1.29, 1.82) is 0 Å². The van der Waals surface area contributed by atoms with Gasteiger partial charge in [-0.25, -0.2) is 0 Å². The number of piperidine rings is 1. The zero-order valence-electron chi connectivity index (χ0n) is 11.8.